The summed E-state index contributed by atoms with van der Waals surface area (Å²) < 4.78 is 15.5. The Morgan fingerprint density at radius 1 is 0.912 bits per heavy atom. The molecule has 2 aliphatic rings. The van der Waals surface area contributed by atoms with Gasteiger partial charge in [-0.3, -0.25) is 4.79 Å². The summed E-state index contributed by atoms with van der Waals surface area (Å²) in [7, 11) is 4.05. The predicted molar refractivity (Wildman–Crippen MR) is 127 cm³/mol. The molecular formula is C26H24ClNO6. The van der Waals surface area contributed by atoms with Crippen LogP contribution in [0.4, 0.5) is 5.69 Å². The summed E-state index contributed by atoms with van der Waals surface area (Å²) in [5.74, 6) is -1.67. The van der Waals surface area contributed by atoms with Gasteiger partial charge in [-0.1, -0.05) is 23.7 Å². The van der Waals surface area contributed by atoms with Crippen molar-refractivity contribution < 1.29 is 28.6 Å². The van der Waals surface area contributed by atoms with E-state index in [0.717, 1.165) is 0 Å². The molecule has 1 aliphatic carbocycles. The van der Waals surface area contributed by atoms with E-state index in [4.69, 9.17) is 25.8 Å². The van der Waals surface area contributed by atoms with Crippen LogP contribution in [-0.4, -0.2) is 39.1 Å². The van der Waals surface area contributed by atoms with E-state index in [2.05, 4.69) is 0 Å². The number of methoxy groups -OCH3 is 3. The molecular weight excluding hydrogens is 458 g/mol. The average molecular weight is 482 g/mol. The summed E-state index contributed by atoms with van der Waals surface area (Å²) in [6.45, 7) is 0. The topological polar surface area (TPSA) is 82.1 Å². The van der Waals surface area contributed by atoms with Crippen LogP contribution in [0.5, 0.6) is 5.75 Å². The molecule has 0 fully saturated rings. The minimum Gasteiger partial charge on any atom is -0.497 e. The molecule has 176 valence electrons. The number of ether oxygens (including phenoxy) is 3. The molecule has 2 aromatic rings. The lowest BCUT2D eigenvalue weighted by molar-refractivity contribution is -0.139. The third kappa shape index (κ3) is 4.07. The van der Waals surface area contributed by atoms with Crippen LogP contribution in [0, 0.1) is 0 Å². The van der Waals surface area contributed by atoms with Crippen LogP contribution in [0.1, 0.15) is 30.7 Å². The number of benzene rings is 2. The number of Topliss-reactive ketones (excluding diaryl/α,β-unsaturated/α-hetero) is 1. The zero-order chi connectivity index (χ0) is 24.4. The fourth-order valence-corrected chi connectivity index (χ4v) is 4.70. The quantitative estimate of drug-likeness (QED) is 0.579. The zero-order valence-corrected chi connectivity index (χ0v) is 19.8. The highest BCUT2D eigenvalue weighted by atomic mass is 35.5. The van der Waals surface area contributed by atoms with E-state index in [1.165, 1.54) is 14.2 Å². The molecule has 0 amide bonds. The maximum atomic E-state index is 13.3. The molecule has 0 saturated heterocycles. The second kappa shape index (κ2) is 9.73. The smallest absolute Gasteiger partial charge is 0.355 e. The zero-order valence-electron chi connectivity index (χ0n) is 19.1. The molecule has 0 spiro atoms. The lowest BCUT2D eigenvalue weighted by Crippen LogP contribution is -2.41. The summed E-state index contributed by atoms with van der Waals surface area (Å²) in [5, 5.41) is 0.514. The molecule has 0 radical (unpaired) electrons. The third-order valence-electron chi connectivity index (χ3n) is 6.07. The Hall–Kier alpha value is -3.58. The second-order valence-electron chi connectivity index (χ2n) is 7.90. The SMILES string of the molecule is COC(=O)C1=C(C(=O)OC)N(c2ccc(OC)cc2)C2=C(C(=O)CCC2)C1c1ccc(Cl)cc1. The van der Waals surface area contributed by atoms with Crippen LogP contribution >= 0.6 is 11.6 Å². The maximum Gasteiger partial charge on any atom is 0.355 e. The summed E-state index contributed by atoms with van der Waals surface area (Å²) in [6.07, 6.45) is 1.52. The summed E-state index contributed by atoms with van der Waals surface area (Å²) in [5.41, 5.74) is 2.45. The van der Waals surface area contributed by atoms with Crippen molar-refractivity contribution in [1.29, 1.82) is 0 Å². The van der Waals surface area contributed by atoms with Gasteiger partial charge >= 0.3 is 11.9 Å². The predicted octanol–water partition coefficient (Wildman–Crippen LogP) is 4.56. The molecule has 0 saturated carbocycles. The third-order valence-corrected chi connectivity index (χ3v) is 6.32. The molecule has 34 heavy (non-hydrogen) atoms. The second-order valence-corrected chi connectivity index (χ2v) is 8.34. The van der Waals surface area contributed by atoms with Crippen molar-refractivity contribution in [3.63, 3.8) is 0 Å². The largest absolute Gasteiger partial charge is 0.497 e. The van der Waals surface area contributed by atoms with Gasteiger partial charge in [0.15, 0.2) is 5.78 Å². The van der Waals surface area contributed by atoms with Gasteiger partial charge in [0.1, 0.15) is 11.4 Å². The Morgan fingerprint density at radius 2 is 1.56 bits per heavy atom. The van der Waals surface area contributed by atoms with Gasteiger partial charge < -0.3 is 19.1 Å². The monoisotopic (exact) mass is 481 g/mol. The van der Waals surface area contributed by atoms with Gasteiger partial charge in [0, 0.05) is 34.3 Å². The highest BCUT2D eigenvalue weighted by Crippen LogP contribution is 2.48. The van der Waals surface area contributed by atoms with Gasteiger partial charge in [-0.2, -0.15) is 0 Å². The maximum absolute atomic E-state index is 13.3. The van der Waals surface area contributed by atoms with Crippen LogP contribution < -0.4 is 9.64 Å². The van der Waals surface area contributed by atoms with E-state index in [9.17, 15) is 14.4 Å². The van der Waals surface area contributed by atoms with Crippen LogP contribution in [-0.2, 0) is 23.9 Å². The molecule has 4 rings (SSSR count). The minimum absolute atomic E-state index is 0.0212. The lowest BCUT2D eigenvalue weighted by Gasteiger charge is -2.40. The first kappa shape index (κ1) is 23.6. The van der Waals surface area contributed by atoms with Gasteiger partial charge in [-0.25, -0.2) is 9.59 Å². The highest BCUT2D eigenvalue weighted by molar-refractivity contribution is 6.30. The number of rotatable bonds is 5. The van der Waals surface area contributed by atoms with Crippen LogP contribution in [0.25, 0.3) is 0 Å². The molecule has 1 heterocycles. The van der Waals surface area contributed by atoms with E-state index in [-0.39, 0.29) is 17.1 Å². The first-order valence-electron chi connectivity index (χ1n) is 10.8. The van der Waals surface area contributed by atoms with Crippen LogP contribution in [0.15, 0.2) is 71.1 Å². The molecule has 1 atom stereocenters. The van der Waals surface area contributed by atoms with Crippen molar-refractivity contribution in [3.05, 3.63) is 81.7 Å². The minimum atomic E-state index is -0.795. The van der Waals surface area contributed by atoms with E-state index in [0.29, 0.717) is 52.6 Å². The first-order chi connectivity index (χ1) is 16.4. The van der Waals surface area contributed by atoms with Crippen molar-refractivity contribution in [2.24, 2.45) is 0 Å². The summed E-state index contributed by atoms with van der Waals surface area (Å²) in [6, 6.07) is 13.9. The summed E-state index contributed by atoms with van der Waals surface area (Å²) in [4.78, 5) is 41.4. The van der Waals surface area contributed by atoms with Gasteiger partial charge in [-0.15, -0.1) is 0 Å². The number of anilines is 1. The van der Waals surface area contributed by atoms with E-state index >= 15 is 0 Å². The standard InChI is InChI=1S/C26H24ClNO6/c1-32-18-13-11-17(12-14-18)28-19-5-4-6-20(29)22(19)21(15-7-9-16(27)10-8-15)23(25(30)33-2)24(28)26(31)34-3/h7-14,21H,4-6H2,1-3H3. The number of carbonyl (C=O) groups is 3. The Labute approximate surface area is 202 Å². The van der Waals surface area contributed by atoms with Gasteiger partial charge in [-0.05, 0) is 54.8 Å². The Bertz CT molecular complexity index is 1200. The average Bonchev–Trinajstić information content (AvgIpc) is 2.87. The molecule has 1 aliphatic heterocycles. The van der Waals surface area contributed by atoms with E-state index in [1.54, 1.807) is 60.5 Å². The number of esters is 2. The van der Waals surface area contributed by atoms with Gasteiger partial charge in [0.25, 0.3) is 0 Å². The molecule has 0 N–H and O–H groups in total. The Balaban J connectivity index is 2.06. The number of ketones is 1. The first-order valence-corrected chi connectivity index (χ1v) is 11.2. The number of allylic oxidation sites excluding steroid dienone is 2. The fraction of sp³-hybridized carbons (Fsp3) is 0.269. The number of hydrogen-bond donors (Lipinski definition) is 0. The Morgan fingerprint density at radius 3 is 2.15 bits per heavy atom. The van der Waals surface area contributed by atoms with Crippen molar-refractivity contribution in [1.82, 2.24) is 0 Å². The normalized spacial score (nSPS) is 17.9. The lowest BCUT2D eigenvalue weighted by atomic mass is 9.74. The van der Waals surface area contributed by atoms with Crippen molar-refractivity contribution in [2.75, 3.05) is 26.2 Å². The van der Waals surface area contributed by atoms with Gasteiger partial charge in [0.2, 0.25) is 0 Å². The van der Waals surface area contributed by atoms with E-state index < -0.39 is 17.9 Å². The molecule has 8 heteroatoms. The van der Waals surface area contributed by atoms with Crippen molar-refractivity contribution in [2.45, 2.75) is 25.2 Å². The number of carbonyl (C=O) groups excluding carboxylic acids is 3. The van der Waals surface area contributed by atoms with Crippen LogP contribution in [0.3, 0.4) is 0 Å². The molecule has 7 nitrogen and oxygen atoms in total. The van der Waals surface area contributed by atoms with Crippen molar-refractivity contribution in [3.8, 4) is 5.75 Å². The summed E-state index contributed by atoms with van der Waals surface area (Å²) >= 11 is 6.10. The number of hydrogen-bond acceptors (Lipinski definition) is 7. The number of halogens is 1. The van der Waals surface area contributed by atoms with Gasteiger partial charge in [0.05, 0.1) is 26.9 Å². The Kier molecular flexibility index (Phi) is 6.75. The molecule has 0 bridgehead atoms. The van der Waals surface area contributed by atoms with Crippen LogP contribution in [0.2, 0.25) is 5.02 Å². The molecule has 2 aromatic carbocycles. The highest BCUT2D eigenvalue weighted by Gasteiger charge is 2.45. The van der Waals surface area contributed by atoms with Crippen molar-refractivity contribution >= 4 is 35.0 Å². The fourth-order valence-electron chi connectivity index (χ4n) is 4.57. The number of nitrogens with zero attached hydrogens (tertiary/aromatic N) is 1. The van der Waals surface area contributed by atoms with E-state index in [1.807, 2.05) is 0 Å². The molecule has 0 aromatic heterocycles. The molecule has 1 unspecified atom stereocenters.